The van der Waals surface area contributed by atoms with Crippen LogP contribution in [-0.2, 0) is 9.59 Å². The van der Waals surface area contributed by atoms with E-state index in [-0.39, 0.29) is 11.8 Å². The quantitative estimate of drug-likeness (QED) is 0.196. The SMILES string of the molecule is CCCCN(CCCCCNCCN(CC)CC(=O)Nc1c(C)cccc1C)CC(=O)Nc1c(C)cccc1C. The van der Waals surface area contributed by atoms with Crippen molar-refractivity contribution >= 4 is 23.2 Å². The number of para-hydroxylation sites is 2. The molecule has 0 unspecified atom stereocenters. The molecule has 7 heteroatoms. The molecule has 2 aromatic rings. The number of aryl methyl sites for hydroxylation is 4. The maximum atomic E-state index is 12.8. The molecular formula is C33H53N5O2. The van der Waals surface area contributed by atoms with Crippen molar-refractivity contribution in [1.82, 2.24) is 15.1 Å². The molecule has 40 heavy (non-hydrogen) atoms. The zero-order chi connectivity index (χ0) is 29.3. The normalized spacial score (nSPS) is 11.3. The first kappa shape index (κ1) is 33.5. The third kappa shape index (κ3) is 12.2. The fraction of sp³-hybridized carbons (Fsp3) is 0.576. The van der Waals surface area contributed by atoms with Crippen molar-refractivity contribution < 1.29 is 9.59 Å². The van der Waals surface area contributed by atoms with Crippen molar-refractivity contribution in [2.24, 2.45) is 0 Å². The molecule has 0 saturated carbocycles. The Morgan fingerprint density at radius 3 is 1.62 bits per heavy atom. The van der Waals surface area contributed by atoms with Crippen LogP contribution in [0.1, 0.15) is 68.2 Å². The van der Waals surface area contributed by atoms with Crippen LogP contribution in [0.3, 0.4) is 0 Å². The minimum absolute atomic E-state index is 0.0367. The first-order chi connectivity index (χ1) is 19.2. The molecule has 2 rings (SSSR count). The number of rotatable bonds is 19. The lowest BCUT2D eigenvalue weighted by atomic mass is 10.1. The summed E-state index contributed by atoms with van der Waals surface area (Å²) < 4.78 is 0. The third-order valence-electron chi connectivity index (χ3n) is 7.43. The highest BCUT2D eigenvalue weighted by Gasteiger charge is 2.13. The molecule has 222 valence electrons. The van der Waals surface area contributed by atoms with E-state index in [1.807, 2.05) is 64.1 Å². The molecule has 0 aromatic heterocycles. The van der Waals surface area contributed by atoms with E-state index >= 15 is 0 Å². The second-order valence-corrected chi connectivity index (χ2v) is 10.9. The van der Waals surface area contributed by atoms with Gasteiger partial charge in [-0.2, -0.15) is 0 Å². The molecule has 2 aromatic carbocycles. The number of benzene rings is 2. The number of nitrogens with zero attached hydrogens (tertiary/aromatic N) is 2. The maximum Gasteiger partial charge on any atom is 0.238 e. The predicted molar refractivity (Wildman–Crippen MR) is 169 cm³/mol. The Labute approximate surface area is 243 Å². The predicted octanol–water partition coefficient (Wildman–Crippen LogP) is 5.68. The third-order valence-corrected chi connectivity index (χ3v) is 7.43. The Bertz CT molecular complexity index is 1010. The largest absolute Gasteiger partial charge is 0.324 e. The molecule has 0 spiro atoms. The van der Waals surface area contributed by atoms with Crippen molar-refractivity contribution in [2.45, 2.75) is 73.6 Å². The molecule has 0 radical (unpaired) electrons. The second kappa shape index (κ2) is 18.6. The Balaban J connectivity index is 1.63. The number of hydrogen-bond acceptors (Lipinski definition) is 5. The van der Waals surface area contributed by atoms with Crippen LogP contribution in [0.5, 0.6) is 0 Å². The lowest BCUT2D eigenvalue weighted by Crippen LogP contribution is -2.38. The summed E-state index contributed by atoms with van der Waals surface area (Å²) in [6.45, 7) is 18.7. The van der Waals surface area contributed by atoms with Crippen LogP contribution in [0, 0.1) is 27.7 Å². The van der Waals surface area contributed by atoms with E-state index < -0.39 is 0 Å². The standard InChI is InChI=1S/C33H53N5O2/c1-7-9-21-38(25-31(40)36-33-28(5)17-14-18-29(33)6)22-12-10-11-19-34-20-23-37(8-2)24-30(39)35-32-26(3)15-13-16-27(32)4/h13-18,34H,7-12,19-25H2,1-6H3,(H,35,39)(H,36,40). The lowest BCUT2D eigenvalue weighted by Gasteiger charge is -2.22. The average molecular weight is 552 g/mol. The average Bonchev–Trinajstić information content (AvgIpc) is 2.92. The van der Waals surface area contributed by atoms with Gasteiger partial charge in [0.15, 0.2) is 0 Å². The number of unbranched alkanes of at least 4 members (excludes halogenated alkanes) is 3. The Hall–Kier alpha value is -2.74. The van der Waals surface area contributed by atoms with Crippen LogP contribution >= 0.6 is 0 Å². The van der Waals surface area contributed by atoms with Crippen LogP contribution in [0.4, 0.5) is 11.4 Å². The zero-order valence-electron chi connectivity index (χ0n) is 25.9. The molecule has 3 N–H and O–H groups in total. The van der Waals surface area contributed by atoms with Gasteiger partial charge in [0.25, 0.3) is 0 Å². The molecule has 0 aliphatic heterocycles. The Morgan fingerprint density at radius 1 is 0.625 bits per heavy atom. The van der Waals surface area contributed by atoms with E-state index in [0.717, 1.165) is 105 Å². The molecule has 0 heterocycles. The van der Waals surface area contributed by atoms with Gasteiger partial charge in [0.1, 0.15) is 0 Å². The highest BCUT2D eigenvalue weighted by molar-refractivity contribution is 5.94. The first-order valence-corrected chi connectivity index (χ1v) is 15.1. The highest BCUT2D eigenvalue weighted by atomic mass is 16.2. The Kier molecular flexibility index (Phi) is 15.5. The molecule has 0 saturated heterocycles. The van der Waals surface area contributed by atoms with Gasteiger partial charge in [-0.05, 0) is 95.4 Å². The summed E-state index contributed by atoms with van der Waals surface area (Å²) in [6, 6.07) is 12.2. The van der Waals surface area contributed by atoms with Gasteiger partial charge in [-0.1, -0.05) is 63.1 Å². The summed E-state index contributed by atoms with van der Waals surface area (Å²) in [5.74, 6) is 0.105. The fourth-order valence-electron chi connectivity index (χ4n) is 4.91. The number of likely N-dealkylation sites (N-methyl/N-ethyl adjacent to an activating group) is 1. The molecule has 0 aliphatic carbocycles. The first-order valence-electron chi connectivity index (χ1n) is 15.1. The van der Waals surface area contributed by atoms with Crippen LogP contribution < -0.4 is 16.0 Å². The smallest absolute Gasteiger partial charge is 0.238 e. The van der Waals surface area contributed by atoms with Crippen LogP contribution in [0.15, 0.2) is 36.4 Å². The van der Waals surface area contributed by atoms with E-state index in [4.69, 9.17) is 0 Å². The van der Waals surface area contributed by atoms with E-state index in [2.05, 4.69) is 39.6 Å². The van der Waals surface area contributed by atoms with Gasteiger partial charge in [-0.25, -0.2) is 0 Å². The van der Waals surface area contributed by atoms with Gasteiger partial charge >= 0.3 is 0 Å². The molecule has 2 amide bonds. The van der Waals surface area contributed by atoms with Crippen LogP contribution in [0.2, 0.25) is 0 Å². The minimum atomic E-state index is 0.0367. The highest BCUT2D eigenvalue weighted by Crippen LogP contribution is 2.20. The molecule has 0 bridgehead atoms. The van der Waals surface area contributed by atoms with Crippen molar-refractivity contribution in [3.8, 4) is 0 Å². The molecular weight excluding hydrogens is 498 g/mol. The van der Waals surface area contributed by atoms with Crippen molar-refractivity contribution in [3.63, 3.8) is 0 Å². The monoisotopic (exact) mass is 551 g/mol. The van der Waals surface area contributed by atoms with Gasteiger partial charge in [-0.15, -0.1) is 0 Å². The molecule has 7 nitrogen and oxygen atoms in total. The van der Waals surface area contributed by atoms with Gasteiger partial charge in [0.05, 0.1) is 13.1 Å². The van der Waals surface area contributed by atoms with Gasteiger partial charge < -0.3 is 16.0 Å². The summed E-state index contributed by atoms with van der Waals surface area (Å²) in [5.41, 5.74) is 6.25. The molecule has 0 fully saturated rings. The van der Waals surface area contributed by atoms with E-state index in [1.54, 1.807) is 0 Å². The summed E-state index contributed by atoms with van der Waals surface area (Å²) in [7, 11) is 0. The number of amides is 2. The van der Waals surface area contributed by atoms with Gasteiger partial charge in [0.2, 0.25) is 11.8 Å². The minimum Gasteiger partial charge on any atom is -0.324 e. The van der Waals surface area contributed by atoms with E-state index in [0.29, 0.717) is 13.1 Å². The van der Waals surface area contributed by atoms with Crippen molar-refractivity contribution in [3.05, 3.63) is 58.7 Å². The van der Waals surface area contributed by atoms with E-state index in [1.165, 1.54) is 0 Å². The van der Waals surface area contributed by atoms with Crippen molar-refractivity contribution in [1.29, 1.82) is 0 Å². The van der Waals surface area contributed by atoms with E-state index in [9.17, 15) is 9.59 Å². The van der Waals surface area contributed by atoms with Gasteiger partial charge in [0, 0.05) is 24.5 Å². The summed E-state index contributed by atoms with van der Waals surface area (Å²) >= 11 is 0. The summed E-state index contributed by atoms with van der Waals surface area (Å²) in [5, 5.41) is 9.75. The number of anilines is 2. The Morgan fingerprint density at radius 2 is 1.12 bits per heavy atom. The second-order valence-electron chi connectivity index (χ2n) is 10.9. The summed E-state index contributed by atoms with van der Waals surface area (Å²) in [4.78, 5) is 29.8. The number of carbonyl (C=O) groups is 2. The zero-order valence-corrected chi connectivity index (χ0v) is 25.9. The van der Waals surface area contributed by atoms with Crippen molar-refractivity contribution in [2.75, 3.05) is 63.0 Å². The number of nitrogens with one attached hydrogen (secondary N) is 3. The molecule has 0 aliphatic rings. The van der Waals surface area contributed by atoms with Crippen LogP contribution in [-0.4, -0.2) is 74.0 Å². The lowest BCUT2D eigenvalue weighted by molar-refractivity contribution is -0.118. The number of hydrogen-bond donors (Lipinski definition) is 3. The maximum absolute atomic E-state index is 12.8. The van der Waals surface area contributed by atoms with Gasteiger partial charge in [-0.3, -0.25) is 19.4 Å². The summed E-state index contributed by atoms with van der Waals surface area (Å²) in [6.07, 6.45) is 5.55. The fourth-order valence-corrected chi connectivity index (χ4v) is 4.91. The molecule has 0 atom stereocenters. The number of carbonyl (C=O) groups excluding carboxylic acids is 2. The van der Waals surface area contributed by atoms with Crippen LogP contribution in [0.25, 0.3) is 0 Å². The topological polar surface area (TPSA) is 76.7 Å².